The van der Waals surface area contributed by atoms with Gasteiger partial charge in [0.1, 0.15) is 0 Å². The monoisotopic (exact) mass is 488 g/mol. The molecule has 1 unspecified atom stereocenters. The molecule has 0 bridgehead atoms. The summed E-state index contributed by atoms with van der Waals surface area (Å²) in [7, 11) is 1.83. The molecule has 1 aliphatic rings. The molecule has 1 aromatic rings. The average Bonchev–Trinajstić information content (AvgIpc) is 2.64. The summed E-state index contributed by atoms with van der Waals surface area (Å²) in [6, 6.07) is 9.24. The first-order valence-electron chi connectivity index (χ1n) is 9.92. The molecule has 1 aromatic carbocycles. The molecular formula is C21H37IN4O. The van der Waals surface area contributed by atoms with Crippen LogP contribution in [0.5, 0.6) is 0 Å². The Morgan fingerprint density at radius 1 is 1.15 bits per heavy atom. The van der Waals surface area contributed by atoms with Crippen LogP contribution in [-0.2, 0) is 17.8 Å². The minimum Gasteiger partial charge on any atom is -0.379 e. The summed E-state index contributed by atoms with van der Waals surface area (Å²) in [6.07, 6.45) is 2.39. The van der Waals surface area contributed by atoms with Crippen LogP contribution >= 0.6 is 24.0 Å². The second-order valence-corrected chi connectivity index (χ2v) is 7.65. The van der Waals surface area contributed by atoms with E-state index in [0.29, 0.717) is 6.04 Å². The third-order valence-corrected chi connectivity index (χ3v) is 4.74. The highest BCUT2D eigenvalue weighted by atomic mass is 127. The van der Waals surface area contributed by atoms with Crippen molar-refractivity contribution in [3.8, 4) is 0 Å². The third kappa shape index (κ3) is 9.76. The number of benzene rings is 1. The zero-order valence-corrected chi connectivity index (χ0v) is 19.7. The van der Waals surface area contributed by atoms with Crippen LogP contribution in [0.2, 0.25) is 0 Å². The van der Waals surface area contributed by atoms with Gasteiger partial charge in [-0.05, 0) is 36.8 Å². The van der Waals surface area contributed by atoms with Gasteiger partial charge in [0.05, 0.1) is 13.2 Å². The van der Waals surface area contributed by atoms with Crippen molar-refractivity contribution >= 4 is 29.9 Å². The standard InChI is InChI=1S/C21H36N4O.HI/c1-17(2)8-9-18(3)24-21(22-4)23-15-19-6-5-7-20(14-19)16-25-10-12-26-13-11-25;/h5-7,14,17-18H,8-13,15-16H2,1-4H3,(H2,22,23,24);1H. The Hall–Kier alpha value is -0.860. The zero-order chi connectivity index (χ0) is 18.8. The summed E-state index contributed by atoms with van der Waals surface area (Å²) in [5.74, 6) is 1.61. The molecule has 2 N–H and O–H groups in total. The summed E-state index contributed by atoms with van der Waals surface area (Å²) in [4.78, 5) is 6.81. The second-order valence-electron chi connectivity index (χ2n) is 7.65. The van der Waals surface area contributed by atoms with Gasteiger partial charge in [0, 0.05) is 39.3 Å². The van der Waals surface area contributed by atoms with Crippen LogP contribution in [0, 0.1) is 5.92 Å². The molecule has 0 radical (unpaired) electrons. The molecule has 0 saturated carbocycles. The fraction of sp³-hybridized carbons (Fsp3) is 0.667. The van der Waals surface area contributed by atoms with Crippen LogP contribution in [-0.4, -0.2) is 50.3 Å². The summed E-state index contributed by atoms with van der Waals surface area (Å²) < 4.78 is 5.43. The van der Waals surface area contributed by atoms with Crippen LogP contribution < -0.4 is 10.6 Å². The van der Waals surface area contributed by atoms with Crippen molar-refractivity contribution < 1.29 is 4.74 Å². The smallest absolute Gasteiger partial charge is 0.191 e. The highest BCUT2D eigenvalue weighted by molar-refractivity contribution is 14.0. The molecule has 1 heterocycles. The van der Waals surface area contributed by atoms with E-state index in [2.05, 4.69) is 65.6 Å². The van der Waals surface area contributed by atoms with E-state index >= 15 is 0 Å². The molecule has 0 aliphatic carbocycles. The summed E-state index contributed by atoms with van der Waals surface area (Å²) in [5.41, 5.74) is 2.65. The molecule has 154 valence electrons. The minimum atomic E-state index is 0. The Labute approximate surface area is 182 Å². The second kappa shape index (κ2) is 13.3. The topological polar surface area (TPSA) is 48.9 Å². The molecule has 5 nitrogen and oxygen atoms in total. The largest absolute Gasteiger partial charge is 0.379 e. The van der Waals surface area contributed by atoms with Gasteiger partial charge in [0.25, 0.3) is 0 Å². The van der Waals surface area contributed by atoms with Crippen molar-refractivity contribution in [2.24, 2.45) is 10.9 Å². The zero-order valence-electron chi connectivity index (χ0n) is 17.3. The van der Waals surface area contributed by atoms with Gasteiger partial charge in [-0.15, -0.1) is 24.0 Å². The molecule has 0 aromatic heterocycles. The van der Waals surface area contributed by atoms with Gasteiger partial charge in [0.15, 0.2) is 5.96 Å². The highest BCUT2D eigenvalue weighted by Gasteiger charge is 2.11. The lowest BCUT2D eigenvalue weighted by Crippen LogP contribution is -2.42. The SMILES string of the molecule is CN=C(NCc1cccc(CN2CCOCC2)c1)NC(C)CCC(C)C.I. The number of morpholine rings is 1. The maximum Gasteiger partial charge on any atom is 0.191 e. The molecule has 1 aliphatic heterocycles. The first-order valence-corrected chi connectivity index (χ1v) is 9.92. The Kier molecular flexibility index (Phi) is 11.9. The van der Waals surface area contributed by atoms with Crippen LogP contribution in [0.15, 0.2) is 29.3 Å². The molecule has 6 heteroatoms. The van der Waals surface area contributed by atoms with Gasteiger partial charge in [-0.25, -0.2) is 0 Å². The maximum atomic E-state index is 5.43. The Bertz CT molecular complexity index is 559. The van der Waals surface area contributed by atoms with Crippen molar-refractivity contribution in [3.63, 3.8) is 0 Å². The Balaban J connectivity index is 0.00000364. The number of nitrogens with zero attached hydrogens (tertiary/aromatic N) is 2. The highest BCUT2D eigenvalue weighted by Crippen LogP contribution is 2.10. The maximum absolute atomic E-state index is 5.43. The molecule has 0 spiro atoms. The van der Waals surface area contributed by atoms with Crippen LogP contribution in [0.1, 0.15) is 44.7 Å². The fourth-order valence-electron chi connectivity index (χ4n) is 3.12. The van der Waals surface area contributed by atoms with E-state index in [0.717, 1.165) is 57.7 Å². The molecule has 1 fully saturated rings. The Morgan fingerprint density at radius 3 is 2.52 bits per heavy atom. The van der Waals surface area contributed by atoms with Gasteiger partial charge in [-0.2, -0.15) is 0 Å². The molecule has 0 amide bonds. The van der Waals surface area contributed by atoms with Crippen LogP contribution in [0.3, 0.4) is 0 Å². The van der Waals surface area contributed by atoms with Gasteiger partial charge in [-0.1, -0.05) is 38.1 Å². The van der Waals surface area contributed by atoms with Gasteiger partial charge in [-0.3, -0.25) is 9.89 Å². The molecular weight excluding hydrogens is 451 g/mol. The van der Waals surface area contributed by atoms with Crippen molar-refractivity contribution in [2.45, 2.75) is 52.7 Å². The lowest BCUT2D eigenvalue weighted by atomic mass is 10.0. The number of hydrogen-bond acceptors (Lipinski definition) is 3. The number of ether oxygens (including phenoxy) is 1. The number of nitrogens with one attached hydrogen (secondary N) is 2. The summed E-state index contributed by atoms with van der Waals surface area (Å²) in [6.45, 7) is 12.3. The molecule has 27 heavy (non-hydrogen) atoms. The number of aliphatic imine (C=N–C) groups is 1. The van der Waals surface area contributed by atoms with Crippen molar-refractivity contribution in [2.75, 3.05) is 33.4 Å². The van der Waals surface area contributed by atoms with Gasteiger partial charge >= 0.3 is 0 Å². The first kappa shape index (κ1) is 24.2. The first-order chi connectivity index (χ1) is 12.6. The van der Waals surface area contributed by atoms with E-state index in [1.165, 1.54) is 17.5 Å². The average molecular weight is 488 g/mol. The number of guanidine groups is 1. The van der Waals surface area contributed by atoms with E-state index in [-0.39, 0.29) is 24.0 Å². The van der Waals surface area contributed by atoms with Gasteiger partial charge in [0.2, 0.25) is 0 Å². The van der Waals surface area contributed by atoms with Crippen molar-refractivity contribution in [1.82, 2.24) is 15.5 Å². The van der Waals surface area contributed by atoms with E-state index < -0.39 is 0 Å². The predicted molar refractivity (Wildman–Crippen MR) is 125 cm³/mol. The van der Waals surface area contributed by atoms with E-state index in [4.69, 9.17) is 4.74 Å². The summed E-state index contributed by atoms with van der Waals surface area (Å²) in [5, 5.41) is 6.93. The Morgan fingerprint density at radius 2 is 1.85 bits per heavy atom. The molecule has 1 atom stereocenters. The van der Waals surface area contributed by atoms with E-state index in [1.54, 1.807) is 0 Å². The van der Waals surface area contributed by atoms with Gasteiger partial charge < -0.3 is 15.4 Å². The summed E-state index contributed by atoms with van der Waals surface area (Å²) >= 11 is 0. The fourth-order valence-corrected chi connectivity index (χ4v) is 3.12. The lowest BCUT2D eigenvalue weighted by molar-refractivity contribution is 0.0342. The van der Waals surface area contributed by atoms with E-state index in [1.807, 2.05) is 7.05 Å². The quantitative estimate of drug-likeness (QED) is 0.334. The lowest BCUT2D eigenvalue weighted by Gasteiger charge is -2.26. The normalized spacial score (nSPS) is 16.7. The number of rotatable bonds is 8. The van der Waals surface area contributed by atoms with Crippen molar-refractivity contribution in [1.29, 1.82) is 0 Å². The van der Waals surface area contributed by atoms with Crippen LogP contribution in [0.4, 0.5) is 0 Å². The third-order valence-electron chi connectivity index (χ3n) is 4.74. The molecule has 2 rings (SSSR count). The van der Waals surface area contributed by atoms with Crippen molar-refractivity contribution in [3.05, 3.63) is 35.4 Å². The van der Waals surface area contributed by atoms with Crippen LogP contribution in [0.25, 0.3) is 0 Å². The molecule has 1 saturated heterocycles. The predicted octanol–water partition coefficient (Wildman–Crippen LogP) is 3.63. The number of halogens is 1. The van der Waals surface area contributed by atoms with E-state index in [9.17, 15) is 0 Å². The minimum absolute atomic E-state index is 0. The number of hydrogen-bond donors (Lipinski definition) is 2.